The summed E-state index contributed by atoms with van der Waals surface area (Å²) in [6.45, 7) is 12.6. The number of piperazine rings is 1. The van der Waals surface area contributed by atoms with Crippen LogP contribution in [0.15, 0.2) is 0 Å². The summed E-state index contributed by atoms with van der Waals surface area (Å²) in [5.74, 6) is 0. The van der Waals surface area contributed by atoms with Gasteiger partial charge in [-0.2, -0.15) is 0 Å². The standard InChI is InChI=1S/C16H34N2O2/c1-5-8-15-13-17-16(3,6-2)14-18(15)9-7-10-20-12-11-19-4/h15,17H,5-14H2,1-4H3. The molecular formula is C16H34N2O2. The Hall–Kier alpha value is -0.160. The fraction of sp³-hybridized carbons (Fsp3) is 1.00. The van der Waals surface area contributed by atoms with Crippen molar-refractivity contribution >= 4 is 0 Å². The van der Waals surface area contributed by atoms with Crippen LogP contribution in [0.1, 0.15) is 46.5 Å². The van der Waals surface area contributed by atoms with E-state index in [1.165, 1.54) is 19.3 Å². The number of rotatable bonds is 10. The Balaban J connectivity index is 2.32. The highest BCUT2D eigenvalue weighted by molar-refractivity contribution is 4.94. The quantitative estimate of drug-likeness (QED) is 0.625. The SMILES string of the molecule is CCCC1CNC(C)(CC)CN1CCCOCCOC. The highest BCUT2D eigenvalue weighted by Crippen LogP contribution is 2.21. The van der Waals surface area contributed by atoms with Crippen molar-refractivity contribution in [2.45, 2.75) is 58.0 Å². The van der Waals surface area contributed by atoms with E-state index in [4.69, 9.17) is 9.47 Å². The Morgan fingerprint density at radius 2 is 2.05 bits per heavy atom. The first-order valence-corrected chi connectivity index (χ1v) is 8.21. The summed E-state index contributed by atoms with van der Waals surface area (Å²) in [4.78, 5) is 2.67. The molecule has 0 bridgehead atoms. The normalized spacial score (nSPS) is 27.9. The van der Waals surface area contributed by atoms with Crippen molar-refractivity contribution < 1.29 is 9.47 Å². The molecule has 1 aliphatic rings. The lowest BCUT2D eigenvalue weighted by atomic mass is 9.92. The Kier molecular flexibility index (Phi) is 8.69. The average Bonchev–Trinajstić information content (AvgIpc) is 2.46. The van der Waals surface area contributed by atoms with Crippen molar-refractivity contribution in [1.82, 2.24) is 10.2 Å². The first-order valence-electron chi connectivity index (χ1n) is 8.21. The molecule has 4 nitrogen and oxygen atoms in total. The van der Waals surface area contributed by atoms with Crippen molar-refractivity contribution in [3.8, 4) is 0 Å². The molecule has 0 radical (unpaired) electrons. The molecular weight excluding hydrogens is 252 g/mol. The van der Waals surface area contributed by atoms with Crippen LogP contribution in [0.5, 0.6) is 0 Å². The molecule has 1 N–H and O–H groups in total. The maximum Gasteiger partial charge on any atom is 0.0700 e. The van der Waals surface area contributed by atoms with Gasteiger partial charge in [-0.15, -0.1) is 0 Å². The number of hydrogen-bond acceptors (Lipinski definition) is 4. The van der Waals surface area contributed by atoms with E-state index in [0.717, 1.165) is 32.7 Å². The van der Waals surface area contributed by atoms with Crippen LogP contribution in [0.3, 0.4) is 0 Å². The third-order valence-corrected chi connectivity index (χ3v) is 4.40. The molecule has 2 atom stereocenters. The number of methoxy groups -OCH3 is 1. The van der Waals surface area contributed by atoms with E-state index in [1.807, 2.05) is 0 Å². The first kappa shape index (κ1) is 17.9. The Morgan fingerprint density at radius 1 is 1.25 bits per heavy atom. The molecule has 0 aromatic carbocycles. The Morgan fingerprint density at radius 3 is 2.70 bits per heavy atom. The summed E-state index contributed by atoms with van der Waals surface area (Å²) in [6, 6.07) is 0.693. The van der Waals surface area contributed by atoms with Gasteiger partial charge in [0.25, 0.3) is 0 Å². The van der Waals surface area contributed by atoms with Crippen LogP contribution in [0.4, 0.5) is 0 Å². The molecule has 1 saturated heterocycles. The maximum absolute atomic E-state index is 5.57. The fourth-order valence-corrected chi connectivity index (χ4v) is 2.86. The molecule has 20 heavy (non-hydrogen) atoms. The molecule has 0 spiro atoms. The van der Waals surface area contributed by atoms with Gasteiger partial charge in [-0.25, -0.2) is 0 Å². The van der Waals surface area contributed by atoms with Gasteiger partial charge >= 0.3 is 0 Å². The number of nitrogens with zero attached hydrogens (tertiary/aromatic N) is 1. The second-order valence-electron chi connectivity index (χ2n) is 6.17. The van der Waals surface area contributed by atoms with Crippen LogP contribution in [-0.4, -0.2) is 63.0 Å². The van der Waals surface area contributed by atoms with E-state index in [0.29, 0.717) is 19.3 Å². The highest BCUT2D eigenvalue weighted by atomic mass is 16.5. The minimum Gasteiger partial charge on any atom is -0.382 e. The van der Waals surface area contributed by atoms with Gasteiger partial charge in [0.2, 0.25) is 0 Å². The van der Waals surface area contributed by atoms with Gasteiger partial charge in [-0.05, 0) is 26.2 Å². The van der Waals surface area contributed by atoms with Crippen LogP contribution < -0.4 is 5.32 Å². The van der Waals surface area contributed by atoms with Crippen LogP contribution >= 0.6 is 0 Å². The smallest absolute Gasteiger partial charge is 0.0700 e. The van der Waals surface area contributed by atoms with Crippen molar-refractivity contribution in [1.29, 1.82) is 0 Å². The van der Waals surface area contributed by atoms with E-state index >= 15 is 0 Å². The largest absolute Gasteiger partial charge is 0.382 e. The molecule has 1 rings (SSSR count). The van der Waals surface area contributed by atoms with Gasteiger partial charge in [-0.1, -0.05) is 20.3 Å². The van der Waals surface area contributed by atoms with Crippen LogP contribution in [0.25, 0.3) is 0 Å². The number of hydrogen-bond donors (Lipinski definition) is 1. The molecule has 0 amide bonds. The third kappa shape index (κ3) is 6.08. The zero-order valence-electron chi connectivity index (χ0n) is 13.9. The Labute approximate surface area is 125 Å². The van der Waals surface area contributed by atoms with Crippen molar-refractivity contribution in [3.05, 3.63) is 0 Å². The van der Waals surface area contributed by atoms with E-state index in [-0.39, 0.29) is 5.54 Å². The summed E-state index contributed by atoms with van der Waals surface area (Å²) >= 11 is 0. The zero-order valence-corrected chi connectivity index (χ0v) is 13.9. The van der Waals surface area contributed by atoms with Gasteiger partial charge in [0, 0.05) is 44.9 Å². The van der Waals surface area contributed by atoms with E-state index < -0.39 is 0 Å². The lowest BCUT2D eigenvalue weighted by molar-refractivity contribution is 0.0467. The van der Waals surface area contributed by atoms with E-state index in [1.54, 1.807) is 7.11 Å². The van der Waals surface area contributed by atoms with E-state index in [9.17, 15) is 0 Å². The molecule has 2 unspecified atom stereocenters. The summed E-state index contributed by atoms with van der Waals surface area (Å²) in [6.07, 6.45) is 4.85. The maximum atomic E-state index is 5.57. The topological polar surface area (TPSA) is 33.7 Å². The zero-order chi connectivity index (χ0) is 14.8. The van der Waals surface area contributed by atoms with Gasteiger partial charge in [0.1, 0.15) is 0 Å². The molecule has 1 aliphatic heterocycles. The van der Waals surface area contributed by atoms with Gasteiger partial charge < -0.3 is 14.8 Å². The molecule has 0 aliphatic carbocycles. The summed E-state index contributed by atoms with van der Waals surface area (Å²) in [7, 11) is 1.71. The van der Waals surface area contributed by atoms with Gasteiger partial charge in [-0.3, -0.25) is 4.90 Å². The van der Waals surface area contributed by atoms with Crippen LogP contribution in [0.2, 0.25) is 0 Å². The molecule has 0 saturated carbocycles. The predicted molar refractivity (Wildman–Crippen MR) is 84.3 cm³/mol. The predicted octanol–water partition coefficient (Wildman–Crippen LogP) is 2.28. The summed E-state index contributed by atoms with van der Waals surface area (Å²) < 4.78 is 10.6. The lowest BCUT2D eigenvalue weighted by Crippen LogP contribution is -2.62. The molecule has 4 heteroatoms. The van der Waals surface area contributed by atoms with Crippen LogP contribution in [-0.2, 0) is 9.47 Å². The number of nitrogens with one attached hydrogen (secondary N) is 1. The van der Waals surface area contributed by atoms with Crippen molar-refractivity contribution in [3.63, 3.8) is 0 Å². The van der Waals surface area contributed by atoms with Crippen LogP contribution in [0, 0.1) is 0 Å². The van der Waals surface area contributed by atoms with Crippen molar-refractivity contribution in [2.75, 3.05) is 46.6 Å². The highest BCUT2D eigenvalue weighted by Gasteiger charge is 2.33. The monoisotopic (exact) mass is 286 g/mol. The Bertz CT molecular complexity index is 251. The molecule has 0 aromatic heterocycles. The molecule has 120 valence electrons. The molecule has 1 heterocycles. The fourth-order valence-electron chi connectivity index (χ4n) is 2.86. The second kappa shape index (κ2) is 9.72. The van der Waals surface area contributed by atoms with Crippen molar-refractivity contribution in [2.24, 2.45) is 0 Å². The minimum atomic E-state index is 0.279. The summed E-state index contributed by atoms with van der Waals surface area (Å²) in [5, 5.41) is 3.74. The van der Waals surface area contributed by atoms with E-state index in [2.05, 4.69) is 31.0 Å². The first-order chi connectivity index (χ1) is 9.65. The molecule has 0 aromatic rings. The third-order valence-electron chi connectivity index (χ3n) is 4.40. The second-order valence-corrected chi connectivity index (χ2v) is 6.17. The summed E-state index contributed by atoms with van der Waals surface area (Å²) in [5.41, 5.74) is 0.279. The minimum absolute atomic E-state index is 0.279. The molecule has 1 fully saturated rings. The van der Waals surface area contributed by atoms with Gasteiger partial charge in [0.15, 0.2) is 0 Å². The lowest BCUT2D eigenvalue weighted by Gasteiger charge is -2.46. The average molecular weight is 286 g/mol. The number of ether oxygens (including phenoxy) is 2. The van der Waals surface area contributed by atoms with Gasteiger partial charge in [0.05, 0.1) is 13.2 Å².